The van der Waals surface area contributed by atoms with Crippen LogP contribution in [0.3, 0.4) is 0 Å². The first-order chi connectivity index (χ1) is 8.54. The molecule has 1 aliphatic rings. The standard InChI is InChI=1S/C15H22O3/c1-10(2)12-6-13(11(3)5-14(12)17-4)15(7-16)8-18-9-15/h5-6,10,16H,7-9H2,1-4H3. The van der Waals surface area contributed by atoms with E-state index in [2.05, 4.69) is 32.9 Å². The van der Waals surface area contributed by atoms with Gasteiger partial charge in [-0.25, -0.2) is 0 Å². The van der Waals surface area contributed by atoms with E-state index in [1.165, 1.54) is 11.1 Å². The number of aliphatic hydroxyl groups excluding tert-OH is 1. The molecule has 0 saturated carbocycles. The second-order valence-corrected chi connectivity index (χ2v) is 5.50. The molecule has 0 atom stereocenters. The number of hydrogen-bond acceptors (Lipinski definition) is 3. The average Bonchev–Trinajstić information content (AvgIpc) is 2.29. The van der Waals surface area contributed by atoms with Gasteiger partial charge in [0.2, 0.25) is 0 Å². The molecule has 3 heteroatoms. The van der Waals surface area contributed by atoms with E-state index < -0.39 is 0 Å². The highest BCUT2D eigenvalue weighted by molar-refractivity contribution is 5.47. The number of hydrogen-bond donors (Lipinski definition) is 1. The molecule has 0 aliphatic carbocycles. The Kier molecular flexibility index (Phi) is 3.64. The van der Waals surface area contributed by atoms with Crippen LogP contribution in [0.1, 0.15) is 36.5 Å². The largest absolute Gasteiger partial charge is 0.496 e. The van der Waals surface area contributed by atoms with Crippen molar-refractivity contribution in [1.29, 1.82) is 0 Å². The maximum absolute atomic E-state index is 9.66. The third-order valence-corrected chi connectivity index (χ3v) is 3.83. The average molecular weight is 250 g/mol. The van der Waals surface area contributed by atoms with Gasteiger partial charge < -0.3 is 14.6 Å². The third-order valence-electron chi connectivity index (χ3n) is 3.83. The van der Waals surface area contributed by atoms with Crippen LogP contribution in [0.4, 0.5) is 0 Å². The normalized spacial score (nSPS) is 17.7. The summed E-state index contributed by atoms with van der Waals surface area (Å²) in [7, 11) is 1.70. The fraction of sp³-hybridized carbons (Fsp3) is 0.600. The van der Waals surface area contributed by atoms with E-state index in [4.69, 9.17) is 9.47 Å². The van der Waals surface area contributed by atoms with Gasteiger partial charge in [-0.2, -0.15) is 0 Å². The summed E-state index contributed by atoms with van der Waals surface area (Å²) in [6.45, 7) is 7.72. The summed E-state index contributed by atoms with van der Waals surface area (Å²) in [5.74, 6) is 1.33. The van der Waals surface area contributed by atoms with E-state index in [1.54, 1.807) is 7.11 Å². The SMILES string of the molecule is COc1cc(C)c(C2(CO)COC2)cc1C(C)C. The Morgan fingerprint density at radius 2 is 2.06 bits per heavy atom. The molecular weight excluding hydrogens is 228 g/mol. The zero-order valence-corrected chi connectivity index (χ0v) is 11.6. The van der Waals surface area contributed by atoms with Gasteiger partial charge in [0.1, 0.15) is 5.75 Å². The van der Waals surface area contributed by atoms with Crippen LogP contribution in [-0.2, 0) is 10.2 Å². The molecule has 18 heavy (non-hydrogen) atoms. The molecule has 2 rings (SSSR count). The molecule has 1 aliphatic heterocycles. The molecule has 0 amide bonds. The Morgan fingerprint density at radius 1 is 1.39 bits per heavy atom. The fourth-order valence-corrected chi connectivity index (χ4v) is 2.58. The van der Waals surface area contributed by atoms with Crippen molar-refractivity contribution in [2.75, 3.05) is 26.9 Å². The highest BCUT2D eigenvalue weighted by Crippen LogP contribution is 2.38. The summed E-state index contributed by atoms with van der Waals surface area (Å²) >= 11 is 0. The van der Waals surface area contributed by atoms with Crippen LogP contribution in [0.5, 0.6) is 5.75 Å². The van der Waals surface area contributed by atoms with Crippen molar-refractivity contribution >= 4 is 0 Å². The lowest BCUT2D eigenvalue weighted by Gasteiger charge is -2.41. The zero-order chi connectivity index (χ0) is 13.3. The van der Waals surface area contributed by atoms with Crippen molar-refractivity contribution in [1.82, 2.24) is 0 Å². The molecular formula is C15H22O3. The monoisotopic (exact) mass is 250 g/mol. The lowest BCUT2D eigenvalue weighted by molar-refractivity contribution is -0.0845. The van der Waals surface area contributed by atoms with Gasteiger partial charge in [0.15, 0.2) is 0 Å². The molecule has 100 valence electrons. The van der Waals surface area contributed by atoms with Crippen LogP contribution in [0.2, 0.25) is 0 Å². The van der Waals surface area contributed by atoms with E-state index in [9.17, 15) is 5.11 Å². The van der Waals surface area contributed by atoms with Crippen LogP contribution >= 0.6 is 0 Å². The maximum atomic E-state index is 9.66. The first-order valence-electron chi connectivity index (χ1n) is 6.41. The number of methoxy groups -OCH3 is 1. The van der Waals surface area contributed by atoms with Gasteiger partial charge in [0.05, 0.1) is 32.3 Å². The van der Waals surface area contributed by atoms with Crippen molar-refractivity contribution in [3.8, 4) is 5.75 Å². The summed E-state index contributed by atoms with van der Waals surface area (Å²) in [6.07, 6.45) is 0. The Labute approximate surface area is 109 Å². The second kappa shape index (κ2) is 4.90. The Balaban J connectivity index is 2.51. The van der Waals surface area contributed by atoms with Crippen LogP contribution in [-0.4, -0.2) is 32.0 Å². The van der Waals surface area contributed by atoms with Crippen LogP contribution in [0.25, 0.3) is 0 Å². The highest BCUT2D eigenvalue weighted by atomic mass is 16.5. The van der Waals surface area contributed by atoms with Crippen LogP contribution in [0, 0.1) is 6.92 Å². The molecule has 0 aromatic heterocycles. The molecule has 1 saturated heterocycles. The number of ether oxygens (including phenoxy) is 2. The predicted octanol–water partition coefficient (Wildman–Crippen LogP) is 2.39. The van der Waals surface area contributed by atoms with E-state index in [-0.39, 0.29) is 12.0 Å². The summed E-state index contributed by atoms with van der Waals surface area (Å²) < 4.78 is 10.8. The first kappa shape index (κ1) is 13.4. The lowest BCUT2D eigenvalue weighted by atomic mass is 9.76. The minimum absolute atomic E-state index is 0.137. The number of benzene rings is 1. The molecule has 1 aromatic rings. The summed E-state index contributed by atoms with van der Waals surface area (Å²) in [5.41, 5.74) is 3.34. The van der Waals surface area contributed by atoms with Gasteiger partial charge in [-0.1, -0.05) is 19.9 Å². The van der Waals surface area contributed by atoms with Gasteiger partial charge in [-0.05, 0) is 35.6 Å². The molecule has 0 unspecified atom stereocenters. The molecule has 1 heterocycles. The Bertz CT molecular complexity index is 428. The molecule has 0 bridgehead atoms. The molecule has 1 fully saturated rings. The Morgan fingerprint density at radius 3 is 2.44 bits per heavy atom. The van der Waals surface area contributed by atoms with E-state index in [1.807, 2.05) is 0 Å². The van der Waals surface area contributed by atoms with Gasteiger partial charge in [-0.3, -0.25) is 0 Å². The fourth-order valence-electron chi connectivity index (χ4n) is 2.58. The molecule has 1 N–H and O–H groups in total. The third kappa shape index (κ3) is 2.02. The first-order valence-corrected chi connectivity index (χ1v) is 6.41. The summed E-state index contributed by atoms with van der Waals surface area (Å²) in [4.78, 5) is 0. The quantitative estimate of drug-likeness (QED) is 0.891. The summed E-state index contributed by atoms with van der Waals surface area (Å²) in [6, 6.07) is 4.25. The van der Waals surface area contributed by atoms with Gasteiger partial charge in [-0.15, -0.1) is 0 Å². The van der Waals surface area contributed by atoms with Crippen molar-refractivity contribution in [2.24, 2.45) is 0 Å². The highest BCUT2D eigenvalue weighted by Gasteiger charge is 2.41. The smallest absolute Gasteiger partial charge is 0.122 e. The van der Waals surface area contributed by atoms with Crippen molar-refractivity contribution in [2.45, 2.75) is 32.1 Å². The maximum Gasteiger partial charge on any atom is 0.122 e. The lowest BCUT2D eigenvalue weighted by Crippen LogP contribution is -2.50. The topological polar surface area (TPSA) is 38.7 Å². The van der Waals surface area contributed by atoms with Crippen LogP contribution in [0.15, 0.2) is 12.1 Å². The molecule has 0 spiro atoms. The number of aliphatic hydroxyl groups is 1. The van der Waals surface area contributed by atoms with Gasteiger partial charge in [0.25, 0.3) is 0 Å². The summed E-state index contributed by atoms with van der Waals surface area (Å²) in [5, 5.41) is 9.66. The van der Waals surface area contributed by atoms with Gasteiger partial charge in [0, 0.05) is 0 Å². The molecule has 0 radical (unpaired) electrons. The Hall–Kier alpha value is -1.06. The molecule has 3 nitrogen and oxygen atoms in total. The predicted molar refractivity (Wildman–Crippen MR) is 71.4 cm³/mol. The molecule has 1 aromatic carbocycles. The van der Waals surface area contributed by atoms with Crippen molar-refractivity contribution < 1.29 is 14.6 Å². The van der Waals surface area contributed by atoms with Crippen LogP contribution < -0.4 is 4.74 Å². The van der Waals surface area contributed by atoms with Crippen molar-refractivity contribution in [3.63, 3.8) is 0 Å². The number of rotatable bonds is 4. The van der Waals surface area contributed by atoms with Gasteiger partial charge >= 0.3 is 0 Å². The minimum Gasteiger partial charge on any atom is -0.496 e. The van der Waals surface area contributed by atoms with E-state index in [0.29, 0.717) is 19.1 Å². The minimum atomic E-state index is -0.208. The van der Waals surface area contributed by atoms with E-state index in [0.717, 1.165) is 11.3 Å². The zero-order valence-electron chi connectivity index (χ0n) is 11.6. The number of aryl methyl sites for hydroxylation is 1. The van der Waals surface area contributed by atoms with Crippen molar-refractivity contribution in [3.05, 3.63) is 28.8 Å². The second-order valence-electron chi connectivity index (χ2n) is 5.50. The van der Waals surface area contributed by atoms with E-state index >= 15 is 0 Å².